The van der Waals surface area contributed by atoms with Gasteiger partial charge in [-0.1, -0.05) is 6.07 Å². The van der Waals surface area contributed by atoms with Crippen LogP contribution in [-0.2, 0) is 9.84 Å². The van der Waals surface area contributed by atoms with Crippen LogP contribution in [0.2, 0.25) is 0 Å². The minimum absolute atomic E-state index is 0.123. The average Bonchev–Trinajstić information content (AvgIpc) is 2.38. The highest BCUT2D eigenvalue weighted by Gasteiger charge is 2.29. The summed E-state index contributed by atoms with van der Waals surface area (Å²) in [6.45, 7) is 0.959. The third kappa shape index (κ3) is 2.87. The smallest absolute Gasteiger partial charge is 0.272 e. The first-order valence-corrected chi connectivity index (χ1v) is 7.83. The van der Waals surface area contributed by atoms with Gasteiger partial charge in [0, 0.05) is 25.5 Å². The summed E-state index contributed by atoms with van der Waals surface area (Å²) in [5.41, 5.74) is 0.412. The van der Waals surface area contributed by atoms with Gasteiger partial charge in [-0.15, -0.1) is 0 Å². The van der Waals surface area contributed by atoms with E-state index in [0.717, 1.165) is 0 Å². The van der Waals surface area contributed by atoms with Gasteiger partial charge in [0.15, 0.2) is 0 Å². The van der Waals surface area contributed by atoms with E-state index in [1.807, 2.05) is 0 Å². The summed E-state index contributed by atoms with van der Waals surface area (Å²) >= 11 is 0. The van der Waals surface area contributed by atoms with E-state index in [0.29, 0.717) is 31.6 Å². The molecule has 1 amide bonds. The van der Waals surface area contributed by atoms with Crippen LogP contribution in [0.15, 0.2) is 24.4 Å². The van der Waals surface area contributed by atoms with Crippen molar-refractivity contribution in [2.45, 2.75) is 18.1 Å². The molecule has 1 aliphatic rings. The number of hydrogen-bond acceptors (Lipinski definition) is 4. The number of aromatic nitrogens is 1. The van der Waals surface area contributed by atoms with Gasteiger partial charge in [-0.25, -0.2) is 8.42 Å². The van der Waals surface area contributed by atoms with Crippen LogP contribution >= 0.6 is 0 Å². The van der Waals surface area contributed by atoms with Gasteiger partial charge in [-0.3, -0.25) is 9.78 Å². The third-order valence-electron chi connectivity index (χ3n) is 3.22. The molecule has 0 aromatic carbocycles. The Morgan fingerprint density at radius 1 is 1.33 bits per heavy atom. The van der Waals surface area contributed by atoms with E-state index < -0.39 is 9.84 Å². The lowest BCUT2D eigenvalue weighted by atomic mass is 10.1. The second-order valence-corrected chi connectivity index (χ2v) is 6.86. The van der Waals surface area contributed by atoms with Gasteiger partial charge in [0.2, 0.25) is 0 Å². The van der Waals surface area contributed by atoms with Crippen molar-refractivity contribution < 1.29 is 13.2 Å². The van der Waals surface area contributed by atoms with Crippen molar-refractivity contribution >= 4 is 15.7 Å². The highest BCUT2D eigenvalue weighted by Crippen LogP contribution is 2.18. The molecule has 1 aromatic heterocycles. The minimum Gasteiger partial charge on any atom is -0.337 e. The molecule has 0 aliphatic carbocycles. The first-order chi connectivity index (χ1) is 8.48. The minimum atomic E-state index is -2.99. The largest absolute Gasteiger partial charge is 0.337 e. The summed E-state index contributed by atoms with van der Waals surface area (Å²) in [6, 6.07) is 5.20. The number of likely N-dealkylation sites (tertiary alicyclic amines) is 1. The molecule has 2 rings (SSSR count). The Bertz CT molecular complexity index is 520. The molecule has 1 aliphatic heterocycles. The first-order valence-electron chi connectivity index (χ1n) is 5.87. The maximum atomic E-state index is 12.1. The molecule has 98 valence electrons. The highest BCUT2D eigenvalue weighted by atomic mass is 32.2. The van der Waals surface area contributed by atoms with E-state index in [2.05, 4.69) is 4.98 Å². The molecule has 5 nitrogen and oxygen atoms in total. The van der Waals surface area contributed by atoms with Crippen molar-refractivity contribution in [1.82, 2.24) is 9.88 Å². The van der Waals surface area contributed by atoms with Gasteiger partial charge in [-0.05, 0) is 25.0 Å². The molecular weight excluding hydrogens is 252 g/mol. The molecule has 0 N–H and O–H groups in total. The van der Waals surface area contributed by atoms with E-state index in [4.69, 9.17) is 0 Å². The van der Waals surface area contributed by atoms with Crippen molar-refractivity contribution in [3.05, 3.63) is 30.1 Å². The molecular formula is C12H16N2O3S. The number of piperidine rings is 1. The van der Waals surface area contributed by atoms with E-state index in [9.17, 15) is 13.2 Å². The molecule has 0 bridgehead atoms. The molecule has 0 unspecified atom stereocenters. The zero-order valence-electron chi connectivity index (χ0n) is 10.2. The normalized spacial score (nSPS) is 17.7. The topological polar surface area (TPSA) is 67.3 Å². The lowest BCUT2D eigenvalue weighted by Gasteiger charge is -2.30. The van der Waals surface area contributed by atoms with Gasteiger partial charge in [-0.2, -0.15) is 0 Å². The summed E-state index contributed by atoms with van der Waals surface area (Å²) in [4.78, 5) is 17.8. The lowest BCUT2D eigenvalue weighted by molar-refractivity contribution is 0.0720. The SMILES string of the molecule is CS(=O)(=O)C1CCN(C(=O)c2ccccn2)CC1. The summed E-state index contributed by atoms with van der Waals surface area (Å²) in [7, 11) is -2.99. The van der Waals surface area contributed by atoms with Crippen LogP contribution in [0.3, 0.4) is 0 Å². The van der Waals surface area contributed by atoms with Gasteiger partial charge >= 0.3 is 0 Å². The number of pyridine rings is 1. The number of nitrogens with zero attached hydrogens (tertiary/aromatic N) is 2. The molecule has 1 fully saturated rings. The molecule has 0 spiro atoms. The summed E-state index contributed by atoms with van der Waals surface area (Å²) < 4.78 is 22.8. The molecule has 2 heterocycles. The Balaban J connectivity index is 2.01. The van der Waals surface area contributed by atoms with Gasteiger partial charge in [0.25, 0.3) is 5.91 Å². The lowest BCUT2D eigenvalue weighted by Crippen LogP contribution is -2.42. The molecule has 6 heteroatoms. The fourth-order valence-corrected chi connectivity index (χ4v) is 3.21. The van der Waals surface area contributed by atoms with Gasteiger partial charge < -0.3 is 4.90 Å². The van der Waals surface area contributed by atoms with Crippen LogP contribution in [0.5, 0.6) is 0 Å². The number of hydrogen-bond donors (Lipinski definition) is 0. The number of amides is 1. The van der Waals surface area contributed by atoms with Crippen molar-refractivity contribution in [2.24, 2.45) is 0 Å². The quantitative estimate of drug-likeness (QED) is 0.793. The Hall–Kier alpha value is -1.43. The Morgan fingerprint density at radius 2 is 2.00 bits per heavy atom. The second kappa shape index (κ2) is 5.06. The van der Waals surface area contributed by atoms with Gasteiger partial charge in [0.1, 0.15) is 15.5 Å². The number of carbonyl (C=O) groups is 1. The van der Waals surface area contributed by atoms with Crippen molar-refractivity contribution in [3.8, 4) is 0 Å². The number of rotatable bonds is 2. The molecule has 0 saturated carbocycles. The Labute approximate surface area is 107 Å². The van der Waals surface area contributed by atoms with Crippen molar-refractivity contribution in [1.29, 1.82) is 0 Å². The van der Waals surface area contributed by atoms with Crippen LogP contribution in [-0.4, -0.2) is 48.8 Å². The van der Waals surface area contributed by atoms with E-state index in [1.54, 1.807) is 29.3 Å². The first kappa shape index (κ1) is 13.0. The third-order valence-corrected chi connectivity index (χ3v) is 4.90. The zero-order chi connectivity index (χ0) is 13.2. The highest BCUT2D eigenvalue weighted by molar-refractivity contribution is 7.91. The zero-order valence-corrected chi connectivity index (χ0v) is 11.1. The van der Waals surface area contributed by atoms with E-state index >= 15 is 0 Å². The molecule has 18 heavy (non-hydrogen) atoms. The molecule has 1 saturated heterocycles. The second-order valence-electron chi connectivity index (χ2n) is 4.54. The fraction of sp³-hybridized carbons (Fsp3) is 0.500. The molecule has 0 atom stereocenters. The standard InChI is InChI=1S/C12H16N2O3S/c1-18(16,17)10-5-8-14(9-6-10)12(15)11-4-2-3-7-13-11/h2-4,7,10H,5-6,8-9H2,1H3. The van der Waals surface area contributed by atoms with Crippen LogP contribution < -0.4 is 0 Å². The average molecular weight is 268 g/mol. The maximum absolute atomic E-state index is 12.1. The molecule has 1 aromatic rings. The van der Waals surface area contributed by atoms with Crippen molar-refractivity contribution in [3.63, 3.8) is 0 Å². The summed E-state index contributed by atoms with van der Waals surface area (Å²) in [6.07, 6.45) is 3.86. The van der Waals surface area contributed by atoms with Crippen LogP contribution in [0, 0.1) is 0 Å². The van der Waals surface area contributed by atoms with Crippen LogP contribution in [0.4, 0.5) is 0 Å². The Morgan fingerprint density at radius 3 is 2.50 bits per heavy atom. The number of sulfone groups is 1. The van der Waals surface area contributed by atoms with E-state index in [-0.39, 0.29) is 11.2 Å². The fourth-order valence-electron chi connectivity index (χ4n) is 2.14. The predicted octanol–water partition coefficient (Wildman–Crippen LogP) is 0.731. The maximum Gasteiger partial charge on any atom is 0.272 e. The van der Waals surface area contributed by atoms with E-state index in [1.165, 1.54) is 6.26 Å². The predicted molar refractivity (Wildman–Crippen MR) is 68.0 cm³/mol. The van der Waals surface area contributed by atoms with Crippen LogP contribution in [0.25, 0.3) is 0 Å². The van der Waals surface area contributed by atoms with Crippen LogP contribution in [0.1, 0.15) is 23.3 Å². The summed E-state index contributed by atoms with van der Waals surface area (Å²) in [5, 5.41) is -0.315. The van der Waals surface area contributed by atoms with Gasteiger partial charge in [0.05, 0.1) is 5.25 Å². The summed E-state index contributed by atoms with van der Waals surface area (Å²) in [5.74, 6) is -0.123. The van der Waals surface area contributed by atoms with Crippen molar-refractivity contribution in [2.75, 3.05) is 19.3 Å². The monoisotopic (exact) mass is 268 g/mol. The Kier molecular flexibility index (Phi) is 3.65. The number of carbonyl (C=O) groups excluding carboxylic acids is 1. The molecule has 0 radical (unpaired) electrons.